The van der Waals surface area contributed by atoms with Crippen molar-refractivity contribution in [1.82, 2.24) is 30.7 Å². The van der Waals surface area contributed by atoms with E-state index in [2.05, 4.69) is 33.2 Å². The molecule has 2 aromatic carbocycles. The largest absolute Gasteiger partial charge is 0.497 e. The molecule has 2 unspecified atom stereocenters. The fourth-order valence-corrected chi connectivity index (χ4v) is 4.64. The van der Waals surface area contributed by atoms with Crippen molar-refractivity contribution in [2.75, 3.05) is 14.2 Å². The van der Waals surface area contributed by atoms with Crippen LogP contribution in [-0.4, -0.2) is 34.0 Å². The predicted molar refractivity (Wildman–Crippen MR) is 115 cm³/mol. The van der Waals surface area contributed by atoms with Crippen LogP contribution >= 0.6 is 22.9 Å². The number of methoxy groups -OCH3 is 2. The molecule has 1 saturated heterocycles. The van der Waals surface area contributed by atoms with Gasteiger partial charge in [0.15, 0.2) is 5.82 Å². The van der Waals surface area contributed by atoms with E-state index < -0.39 is 0 Å². The first-order valence-corrected chi connectivity index (χ1v) is 10.6. The first kappa shape index (κ1) is 19.3. The van der Waals surface area contributed by atoms with Crippen molar-refractivity contribution < 1.29 is 9.47 Å². The van der Waals surface area contributed by atoms with Gasteiger partial charge in [-0.2, -0.15) is 9.61 Å². The Kier molecular flexibility index (Phi) is 5.03. The number of hydrogen-bond acceptors (Lipinski definition) is 8. The average Bonchev–Trinajstić information content (AvgIpc) is 3.49. The van der Waals surface area contributed by atoms with E-state index in [1.165, 1.54) is 16.9 Å². The lowest BCUT2D eigenvalue weighted by atomic mass is 10.0. The number of halogens is 1. The van der Waals surface area contributed by atoms with Crippen LogP contribution in [0.3, 0.4) is 0 Å². The zero-order valence-electron chi connectivity index (χ0n) is 16.3. The van der Waals surface area contributed by atoms with Crippen molar-refractivity contribution >= 4 is 27.9 Å². The second-order valence-corrected chi connectivity index (χ2v) is 8.33. The van der Waals surface area contributed by atoms with Crippen molar-refractivity contribution in [2.45, 2.75) is 18.5 Å². The fourth-order valence-electron chi connectivity index (χ4n) is 3.57. The van der Waals surface area contributed by atoms with Crippen molar-refractivity contribution in [3.63, 3.8) is 0 Å². The summed E-state index contributed by atoms with van der Waals surface area (Å²) in [6.07, 6.45) is 0.867. The summed E-state index contributed by atoms with van der Waals surface area (Å²) in [6, 6.07) is 13.7. The highest BCUT2D eigenvalue weighted by atomic mass is 35.5. The number of ether oxygens (including phenoxy) is 2. The van der Waals surface area contributed by atoms with Crippen molar-refractivity contribution in [3.05, 3.63) is 58.1 Å². The molecule has 10 heteroatoms. The van der Waals surface area contributed by atoms with Gasteiger partial charge in [-0.15, -0.1) is 10.2 Å². The summed E-state index contributed by atoms with van der Waals surface area (Å²) >= 11 is 7.70. The highest BCUT2D eigenvalue weighted by molar-refractivity contribution is 7.16. The van der Waals surface area contributed by atoms with Crippen LogP contribution in [-0.2, 0) is 0 Å². The summed E-state index contributed by atoms with van der Waals surface area (Å²) in [7, 11) is 3.28. The Labute approximate surface area is 181 Å². The molecule has 30 heavy (non-hydrogen) atoms. The zero-order valence-corrected chi connectivity index (χ0v) is 17.9. The molecule has 0 radical (unpaired) electrons. The first-order chi connectivity index (χ1) is 14.7. The highest BCUT2D eigenvalue weighted by Crippen LogP contribution is 2.36. The van der Waals surface area contributed by atoms with Crippen molar-refractivity contribution in [3.8, 4) is 22.9 Å². The minimum absolute atomic E-state index is 0.0675. The standard InChI is InChI=1S/C20H19ClN6O2S/c1-28-13-6-3-11(4-7-13)15-10-16(23-22-15)19-26-27-18(24-25-20(27)30-19)14-9-12(21)5-8-17(14)29-2/h3-9,15-16,22-23H,10H2,1-2H3. The topological polar surface area (TPSA) is 85.6 Å². The van der Waals surface area contributed by atoms with Gasteiger partial charge in [0.1, 0.15) is 16.5 Å². The molecule has 1 aliphatic rings. The van der Waals surface area contributed by atoms with Gasteiger partial charge in [-0.25, -0.2) is 10.9 Å². The second kappa shape index (κ2) is 7.84. The van der Waals surface area contributed by atoms with Gasteiger partial charge in [0.2, 0.25) is 4.96 Å². The molecule has 5 rings (SSSR count). The third-order valence-electron chi connectivity index (χ3n) is 5.13. The molecular weight excluding hydrogens is 424 g/mol. The molecule has 2 aromatic heterocycles. The van der Waals surface area contributed by atoms with E-state index in [4.69, 9.17) is 26.2 Å². The summed E-state index contributed by atoms with van der Waals surface area (Å²) in [4.78, 5) is 0.719. The number of hydrazine groups is 1. The molecule has 1 fully saturated rings. The van der Waals surface area contributed by atoms with Crippen molar-refractivity contribution in [1.29, 1.82) is 0 Å². The van der Waals surface area contributed by atoms with Crippen LogP contribution in [0.2, 0.25) is 5.02 Å². The number of aromatic nitrogens is 4. The number of nitrogens with one attached hydrogen (secondary N) is 2. The third-order valence-corrected chi connectivity index (χ3v) is 6.38. The normalized spacial score (nSPS) is 18.8. The van der Waals surface area contributed by atoms with Gasteiger partial charge in [0.05, 0.1) is 25.8 Å². The maximum Gasteiger partial charge on any atom is 0.235 e. The lowest BCUT2D eigenvalue weighted by Crippen LogP contribution is -2.26. The number of rotatable bonds is 5. The summed E-state index contributed by atoms with van der Waals surface area (Å²) in [5, 5.41) is 14.9. The average molecular weight is 443 g/mol. The lowest BCUT2D eigenvalue weighted by Gasteiger charge is -2.10. The van der Waals surface area contributed by atoms with E-state index in [1.807, 2.05) is 24.3 Å². The Balaban J connectivity index is 1.42. The van der Waals surface area contributed by atoms with Gasteiger partial charge in [0.25, 0.3) is 0 Å². The summed E-state index contributed by atoms with van der Waals surface area (Å²) < 4.78 is 12.5. The van der Waals surface area contributed by atoms with E-state index in [9.17, 15) is 0 Å². The van der Waals surface area contributed by atoms with Crippen molar-refractivity contribution in [2.24, 2.45) is 0 Å². The SMILES string of the molecule is COc1ccc(C2CC(c3nn4c(-c5cc(Cl)ccc5OC)nnc4s3)NN2)cc1. The van der Waals surface area contributed by atoms with Crippen LogP contribution in [0.4, 0.5) is 0 Å². The van der Waals surface area contributed by atoms with Crippen LogP contribution < -0.4 is 20.3 Å². The van der Waals surface area contributed by atoms with Gasteiger partial charge in [-0.1, -0.05) is 35.1 Å². The van der Waals surface area contributed by atoms with Crippen LogP contribution in [0.1, 0.15) is 29.1 Å². The van der Waals surface area contributed by atoms with Gasteiger partial charge >= 0.3 is 0 Å². The van der Waals surface area contributed by atoms with Crippen LogP contribution in [0.25, 0.3) is 16.3 Å². The predicted octanol–water partition coefficient (Wildman–Crippen LogP) is 3.80. The zero-order chi connectivity index (χ0) is 20.7. The molecule has 4 aromatic rings. The first-order valence-electron chi connectivity index (χ1n) is 9.37. The molecule has 1 aliphatic heterocycles. The van der Waals surface area contributed by atoms with Gasteiger partial charge in [-0.05, 0) is 42.3 Å². The molecule has 154 valence electrons. The van der Waals surface area contributed by atoms with E-state index in [-0.39, 0.29) is 12.1 Å². The lowest BCUT2D eigenvalue weighted by molar-refractivity contribution is 0.414. The van der Waals surface area contributed by atoms with E-state index >= 15 is 0 Å². The third kappa shape index (κ3) is 3.39. The minimum Gasteiger partial charge on any atom is -0.497 e. The molecule has 0 bridgehead atoms. The second-order valence-electron chi connectivity index (χ2n) is 6.91. The van der Waals surface area contributed by atoms with Crippen LogP contribution in [0.15, 0.2) is 42.5 Å². The quantitative estimate of drug-likeness (QED) is 0.486. The van der Waals surface area contributed by atoms with Crippen LogP contribution in [0.5, 0.6) is 11.5 Å². The smallest absolute Gasteiger partial charge is 0.235 e. The Bertz CT molecular complexity index is 1190. The highest BCUT2D eigenvalue weighted by Gasteiger charge is 2.30. The maximum atomic E-state index is 6.19. The molecular formula is C20H19ClN6O2S. The van der Waals surface area contributed by atoms with Gasteiger partial charge in [0, 0.05) is 11.1 Å². The van der Waals surface area contributed by atoms with E-state index in [0.717, 1.165) is 27.7 Å². The van der Waals surface area contributed by atoms with Gasteiger partial charge in [-0.3, -0.25) is 0 Å². The maximum absolute atomic E-state index is 6.19. The molecule has 2 N–H and O–H groups in total. The summed E-state index contributed by atoms with van der Waals surface area (Å²) in [5.41, 5.74) is 8.66. The van der Waals surface area contributed by atoms with E-state index in [1.54, 1.807) is 24.8 Å². The molecule has 0 amide bonds. The Hall–Kier alpha value is -2.72. The molecule has 3 heterocycles. The minimum atomic E-state index is 0.0675. The fraction of sp³-hybridized carbons (Fsp3) is 0.250. The van der Waals surface area contributed by atoms with Gasteiger partial charge < -0.3 is 9.47 Å². The summed E-state index contributed by atoms with van der Waals surface area (Å²) in [6.45, 7) is 0. The Morgan fingerprint density at radius 3 is 2.60 bits per heavy atom. The number of hydrogen-bond donors (Lipinski definition) is 2. The number of fused-ring (bicyclic) bond motifs is 1. The molecule has 0 spiro atoms. The molecule has 2 atom stereocenters. The number of benzene rings is 2. The van der Waals surface area contributed by atoms with E-state index in [0.29, 0.717) is 16.6 Å². The molecule has 0 saturated carbocycles. The summed E-state index contributed by atoms with van der Waals surface area (Å²) in [5.74, 6) is 2.12. The Morgan fingerprint density at radius 1 is 1.03 bits per heavy atom. The van der Waals surface area contributed by atoms with Crippen LogP contribution in [0, 0.1) is 0 Å². The Morgan fingerprint density at radius 2 is 1.83 bits per heavy atom. The molecule has 0 aliphatic carbocycles. The molecule has 8 nitrogen and oxygen atoms in total. The number of nitrogens with zero attached hydrogens (tertiary/aromatic N) is 4. The monoisotopic (exact) mass is 442 g/mol.